The van der Waals surface area contributed by atoms with E-state index in [1.54, 1.807) is 0 Å². The van der Waals surface area contributed by atoms with Crippen LogP contribution >= 0.6 is 0 Å². The molecule has 0 aromatic heterocycles. The van der Waals surface area contributed by atoms with Crippen molar-refractivity contribution < 1.29 is 4.74 Å². The Morgan fingerprint density at radius 3 is 2.54 bits per heavy atom. The summed E-state index contributed by atoms with van der Waals surface area (Å²) in [5.74, 6) is 0. The molecule has 0 aliphatic carbocycles. The molecule has 1 aromatic rings. The maximum atomic E-state index is 5.64. The minimum Gasteiger partial charge on any atom is -0.364 e. The first kappa shape index (κ1) is 8.76. The molecule has 0 amide bonds. The third-order valence-electron chi connectivity index (χ3n) is 2.38. The molecule has 1 aliphatic heterocycles. The van der Waals surface area contributed by atoms with E-state index in [0.29, 0.717) is 6.10 Å². The topological polar surface area (TPSA) is 12.5 Å². The first-order chi connectivity index (χ1) is 6.09. The summed E-state index contributed by atoms with van der Waals surface area (Å²) in [6.45, 7) is 6.63. The van der Waals surface area contributed by atoms with Crippen LogP contribution in [0, 0.1) is 11.5 Å². The van der Waals surface area contributed by atoms with Gasteiger partial charge < -0.3 is 4.74 Å². The molecule has 1 fully saturated rings. The van der Waals surface area contributed by atoms with Crippen molar-refractivity contribution in [2.24, 2.45) is 5.41 Å². The van der Waals surface area contributed by atoms with Crippen LogP contribution in [-0.4, -0.2) is 6.10 Å². The molecule has 1 heterocycles. The molecule has 2 unspecified atom stereocenters. The van der Waals surface area contributed by atoms with E-state index in [1.165, 1.54) is 5.56 Å². The van der Waals surface area contributed by atoms with E-state index in [9.17, 15) is 0 Å². The molecule has 69 valence electrons. The zero-order chi connectivity index (χ0) is 9.47. The number of hydrogen-bond acceptors (Lipinski definition) is 1. The third kappa shape index (κ3) is 1.75. The second-order valence-corrected chi connectivity index (χ2v) is 4.66. The first-order valence-electron chi connectivity index (χ1n) is 4.71. The van der Waals surface area contributed by atoms with Crippen LogP contribution in [0.15, 0.2) is 24.3 Å². The normalized spacial score (nSPS) is 27.3. The van der Waals surface area contributed by atoms with Gasteiger partial charge in [-0.15, -0.1) is 0 Å². The zero-order valence-corrected chi connectivity index (χ0v) is 8.37. The number of hydrogen-bond donors (Lipinski definition) is 0. The molecule has 2 rings (SSSR count). The molecule has 13 heavy (non-hydrogen) atoms. The fourth-order valence-corrected chi connectivity index (χ4v) is 1.59. The Balaban J connectivity index is 2.09. The highest BCUT2D eigenvalue weighted by molar-refractivity contribution is 5.22. The first-order valence-corrected chi connectivity index (χ1v) is 4.71. The largest absolute Gasteiger partial charge is 0.364 e. The van der Waals surface area contributed by atoms with Gasteiger partial charge in [-0.3, -0.25) is 0 Å². The zero-order valence-electron chi connectivity index (χ0n) is 8.37. The standard InChI is InChI=1S/C12H15O/c1-12(2,3)11-10(13-11)9-7-5-4-6-8-9/h4-7,10-11H,1-3H3. The Morgan fingerprint density at radius 2 is 2.08 bits per heavy atom. The molecule has 0 N–H and O–H groups in total. The van der Waals surface area contributed by atoms with Crippen molar-refractivity contribution in [3.63, 3.8) is 0 Å². The van der Waals surface area contributed by atoms with Gasteiger partial charge in [-0.05, 0) is 17.0 Å². The van der Waals surface area contributed by atoms with Gasteiger partial charge >= 0.3 is 0 Å². The van der Waals surface area contributed by atoms with Gasteiger partial charge in [-0.25, -0.2) is 0 Å². The highest BCUT2D eigenvalue weighted by atomic mass is 16.6. The van der Waals surface area contributed by atoms with Gasteiger partial charge in [-0.2, -0.15) is 0 Å². The Labute approximate surface area is 79.7 Å². The predicted molar refractivity (Wildman–Crippen MR) is 52.3 cm³/mol. The summed E-state index contributed by atoms with van der Waals surface area (Å²) in [7, 11) is 0. The van der Waals surface area contributed by atoms with Crippen LogP contribution in [0.3, 0.4) is 0 Å². The molecule has 1 heteroatoms. The van der Waals surface area contributed by atoms with Gasteiger partial charge in [0.25, 0.3) is 0 Å². The van der Waals surface area contributed by atoms with Crippen LogP contribution in [0.1, 0.15) is 32.4 Å². The fourth-order valence-electron chi connectivity index (χ4n) is 1.59. The minimum absolute atomic E-state index is 0.244. The minimum atomic E-state index is 0.244. The molecule has 0 bridgehead atoms. The molecule has 1 aromatic carbocycles. The van der Waals surface area contributed by atoms with Crippen molar-refractivity contribution in [1.82, 2.24) is 0 Å². The maximum absolute atomic E-state index is 5.64. The van der Waals surface area contributed by atoms with E-state index in [4.69, 9.17) is 4.74 Å². The van der Waals surface area contributed by atoms with Crippen molar-refractivity contribution in [2.45, 2.75) is 33.0 Å². The van der Waals surface area contributed by atoms with Crippen molar-refractivity contribution in [1.29, 1.82) is 0 Å². The van der Waals surface area contributed by atoms with E-state index in [2.05, 4.69) is 32.9 Å². The van der Waals surface area contributed by atoms with Crippen molar-refractivity contribution in [3.05, 3.63) is 35.9 Å². The molecule has 1 radical (unpaired) electrons. The lowest BCUT2D eigenvalue weighted by molar-refractivity contribution is 0.261. The van der Waals surface area contributed by atoms with Crippen molar-refractivity contribution >= 4 is 0 Å². The van der Waals surface area contributed by atoms with Crippen LogP contribution in [-0.2, 0) is 4.74 Å². The summed E-state index contributed by atoms with van der Waals surface area (Å²) < 4.78 is 5.64. The monoisotopic (exact) mass is 175 g/mol. The Morgan fingerprint density at radius 1 is 1.31 bits per heavy atom. The third-order valence-corrected chi connectivity index (χ3v) is 2.38. The SMILES string of the molecule is CC(C)(C)C1OC1c1[c]cccc1. The van der Waals surface area contributed by atoms with Crippen molar-refractivity contribution in [3.8, 4) is 0 Å². The summed E-state index contributed by atoms with van der Waals surface area (Å²) in [4.78, 5) is 0. The average molecular weight is 175 g/mol. The van der Waals surface area contributed by atoms with Gasteiger partial charge in [0.15, 0.2) is 0 Å². The molecule has 1 nitrogen and oxygen atoms in total. The molecular weight excluding hydrogens is 160 g/mol. The molecule has 0 spiro atoms. The van der Waals surface area contributed by atoms with E-state index in [-0.39, 0.29) is 11.5 Å². The highest BCUT2D eigenvalue weighted by Crippen LogP contribution is 2.48. The van der Waals surface area contributed by atoms with Crippen LogP contribution < -0.4 is 0 Å². The smallest absolute Gasteiger partial charge is 0.110 e. The molecule has 2 atom stereocenters. The van der Waals surface area contributed by atoms with Gasteiger partial charge in [0.05, 0.1) is 6.10 Å². The van der Waals surface area contributed by atoms with E-state index in [0.717, 1.165) is 0 Å². The van der Waals surface area contributed by atoms with E-state index >= 15 is 0 Å². The number of epoxide rings is 1. The summed E-state index contributed by atoms with van der Waals surface area (Å²) in [6.07, 6.45) is 0.646. The van der Waals surface area contributed by atoms with Crippen LogP contribution in [0.2, 0.25) is 0 Å². The molecule has 1 saturated heterocycles. The number of ether oxygens (including phenoxy) is 1. The summed E-state index contributed by atoms with van der Waals surface area (Å²) >= 11 is 0. The quantitative estimate of drug-likeness (QED) is 0.598. The highest BCUT2D eigenvalue weighted by Gasteiger charge is 2.47. The Kier molecular flexibility index (Phi) is 1.92. The molecule has 0 saturated carbocycles. The predicted octanol–water partition coefficient (Wildman–Crippen LogP) is 2.97. The lowest BCUT2D eigenvalue weighted by Crippen LogP contribution is -2.14. The van der Waals surface area contributed by atoms with E-state index in [1.807, 2.05) is 18.2 Å². The molecule has 1 aliphatic rings. The Hall–Kier alpha value is -0.820. The van der Waals surface area contributed by atoms with Crippen molar-refractivity contribution in [2.75, 3.05) is 0 Å². The summed E-state index contributed by atoms with van der Waals surface area (Å²) in [5.41, 5.74) is 1.43. The second-order valence-electron chi connectivity index (χ2n) is 4.66. The Bertz CT molecular complexity index is 284. The van der Waals surface area contributed by atoms with E-state index < -0.39 is 0 Å². The summed E-state index contributed by atoms with van der Waals surface area (Å²) in [6, 6.07) is 11.2. The van der Waals surface area contributed by atoms with Crippen LogP contribution in [0.25, 0.3) is 0 Å². The van der Waals surface area contributed by atoms with Gasteiger partial charge in [-0.1, -0.05) is 45.0 Å². The lowest BCUT2D eigenvalue weighted by Gasteiger charge is -2.14. The molecular formula is C12H15O. The lowest BCUT2D eigenvalue weighted by atomic mass is 9.88. The van der Waals surface area contributed by atoms with Crippen LogP contribution in [0.4, 0.5) is 0 Å². The van der Waals surface area contributed by atoms with Gasteiger partial charge in [0.2, 0.25) is 0 Å². The van der Waals surface area contributed by atoms with Gasteiger partial charge in [0.1, 0.15) is 6.10 Å². The van der Waals surface area contributed by atoms with Crippen LogP contribution in [0.5, 0.6) is 0 Å². The fraction of sp³-hybridized carbons (Fsp3) is 0.500. The number of benzene rings is 1. The average Bonchev–Trinajstić information content (AvgIpc) is 2.83. The van der Waals surface area contributed by atoms with Gasteiger partial charge in [0, 0.05) is 0 Å². The maximum Gasteiger partial charge on any atom is 0.110 e. The second kappa shape index (κ2) is 2.85. The summed E-state index contributed by atoms with van der Waals surface area (Å²) in [5, 5.41) is 0. The number of rotatable bonds is 1.